The standard InChI is InChI=1S/C14H15FN4O2S/c1-8(17-13(20)11-6-22-7-16-11)14-18-12(19-21-14)9-3-2-4-10(15)5-9/h2-5,8,11,16H,6-7H2,1H3,(H,17,20)/t8-,11+/m1/s1. The lowest BCUT2D eigenvalue weighted by molar-refractivity contribution is -0.123. The number of nitrogens with one attached hydrogen (secondary N) is 2. The highest BCUT2D eigenvalue weighted by Gasteiger charge is 2.25. The Morgan fingerprint density at radius 3 is 3.18 bits per heavy atom. The minimum absolute atomic E-state index is 0.0944. The lowest BCUT2D eigenvalue weighted by Crippen LogP contribution is -2.43. The molecule has 3 rings (SSSR count). The lowest BCUT2D eigenvalue weighted by atomic mass is 10.2. The zero-order valence-corrected chi connectivity index (χ0v) is 12.7. The van der Waals surface area contributed by atoms with Crippen molar-refractivity contribution in [3.8, 4) is 11.4 Å². The van der Waals surface area contributed by atoms with Gasteiger partial charge in [0.2, 0.25) is 17.6 Å². The van der Waals surface area contributed by atoms with Crippen molar-refractivity contribution in [3.63, 3.8) is 0 Å². The van der Waals surface area contributed by atoms with Crippen LogP contribution in [0.15, 0.2) is 28.8 Å². The van der Waals surface area contributed by atoms with Gasteiger partial charge in [-0.05, 0) is 19.1 Å². The van der Waals surface area contributed by atoms with Crippen LogP contribution in [0.3, 0.4) is 0 Å². The van der Waals surface area contributed by atoms with E-state index in [-0.39, 0.29) is 17.8 Å². The molecule has 22 heavy (non-hydrogen) atoms. The third-order valence-electron chi connectivity index (χ3n) is 3.29. The number of nitrogens with zero attached hydrogens (tertiary/aromatic N) is 2. The highest BCUT2D eigenvalue weighted by Crippen LogP contribution is 2.19. The molecule has 0 saturated carbocycles. The number of amides is 1. The molecule has 0 spiro atoms. The Morgan fingerprint density at radius 2 is 2.45 bits per heavy atom. The normalized spacial score (nSPS) is 19.1. The van der Waals surface area contributed by atoms with Gasteiger partial charge in [-0.15, -0.1) is 11.8 Å². The Balaban J connectivity index is 1.68. The largest absolute Gasteiger partial charge is 0.343 e. The van der Waals surface area contributed by atoms with E-state index < -0.39 is 6.04 Å². The van der Waals surface area contributed by atoms with Crippen molar-refractivity contribution in [1.82, 2.24) is 20.8 Å². The maximum Gasteiger partial charge on any atom is 0.249 e. The van der Waals surface area contributed by atoms with Gasteiger partial charge in [0.25, 0.3) is 0 Å². The van der Waals surface area contributed by atoms with E-state index in [1.54, 1.807) is 30.8 Å². The topological polar surface area (TPSA) is 80.0 Å². The summed E-state index contributed by atoms with van der Waals surface area (Å²) < 4.78 is 18.4. The first-order chi connectivity index (χ1) is 10.6. The third-order valence-corrected chi connectivity index (χ3v) is 4.23. The van der Waals surface area contributed by atoms with Crippen LogP contribution in [0.1, 0.15) is 18.9 Å². The number of carbonyl (C=O) groups excluding carboxylic acids is 1. The quantitative estimate of drug-likeness (QED) is 0.892. The Kier molecular flexibility index (Phi) is 4.39. The summed E-state index contributed by atoms with van der Waals surface area (Å²) >= 11 is 1.68. The molecule has 0 aliphatic carbocycles. The van der Waals surface area contributed by atoms with Gasteiger partial charge in [-0.25, -0.2) is 4.39 Å². The van der Waals surface area contributed by atoms with Gasteiger partial charge in [0.1, 0.15) is 11.9 Å². The fraction of sp³-hybridized carbons (Fsp3) is 0.357. The maximum atomic E-state index is 13.2. The van der Waals surface area contributed by atoms with Crippen LogP contribution in [0, 0.1) is 5.82 Å². The first kappa shape index (κ1) is 15.0. The molecule has 1 aliphatic rings. The minimum Gasteiger partial charge on any atom is -0.343 e. The van der Waals surface area contributed by atoms with E-state index in [0.717, 1.165) is 11.6 Å². The van der Waals surface area contributed by atoms with Crippen LogP contribution in [-0.4, -0.2) is 33.7 Å². The second-order valence-electron chi connectivity index (χ2n) is 4.97. The van der Waals surface area contributed by atoms with E-state index >= 15 is 0 Å². The molecule has 2 aromatic rings. The van der Waals surface area contributed by atoms with Crippen LogP contribution in [-0.2, 0) is 4.79 Å². The number of aromatic nitrogens is 2. The molecule has 2 atom stereocenters. The number of benzene rings is 1. The summed E-state index contributed by atoms with van der Waals surface area (Å²) in [4.78, 5) is 16.2. The molecular weight excluding hydrogens is 307 g/mol. The van der Waals surface area contributed by atoms with E-state index in [9.17, 15) is 9.18 Å². The number of hydrogen-bond acceptors (Lipinski definition) is 6. The van der Waals surface area contributed by atoms with Crippen LogP contribution >= 0.6 is 11.8 Å². The SMILES string of the molecule is C[C@@H](NC(=O)[C@@H]1CSCN1)c1nc(-c2cccc(F)c2)no1. The van der Waals surface area contributed by atoms with Gasteiger partial charge in [0, 0.05) is 17.2 Å². The molecule has 6 nitrogen and oxygen atoms in total. The first-order valence-corrected chi connectivity index (χ1v) is 8.00. The predicted octanol–water partition coefficient (Wildman–Crippen LogP) is 1.72. The summed E-state index contributed by atoms with van der Waals surface area (Å²) in [6.07, 6.45) is 0. The minimum atomic E-state index is -0.408. The number of thioether (sulfide) groups is 1. The van der Waals surface area contributed by atoms with E-state index in [0.29, 0.717) is 17.3 Å². The van der Waals surface area contributed by atoms with Gasteiger partial charge < -0.3 is 9.84 Å². The smallest absolute Gasteiger partial charge is 0.249 e. The third kappa shape index (κ3) is 3.28. The molecule has 1 amide bonds. The summed E-state index contributed by atoms with van der Waals surface area (Å²) in [6.45, 7) is 1.77. The number of hydrogen-bond donors (Lipinski definition) is 2. The van der Waals surface area contributed by atoms with Crippen molar-refractivity contribution in [2.24, 2.45) is 0 Å². The number of halogens is 1. The van der Waals surface area contributed by atoms with E-state index in [1.165, 1.54) is 12.1 Å². The van der Waals surface area contributed by atoms with E-state index in [4.69, 9.17) is 4.52 Å². The second-order valence-corrected chi connectivity index (χ2v) is 6.00. The number of rotatable bonds is 4. The highest BCUT2D eigenvalue weighted by molar-refractivity contribution is 7.99. The zero-order valence-electron chi connectivity index (χ0n) is 11.9. The molecule has 0 bridgehead atoms. The Hall–Kier alpha value is -1.93. The zero-order chi connectivity index (χ0) is 15.5. The molecule has 1 aromatic carbocycles. The van der Waals surface area contributed by atoms with Crippen molar-refractivity contribution in [3.05, 3.63) is 36.0 Å². The molecule has 1 fully saturated rings. The molecule has 0 unspecified atom stereocenters. The molecule has 8 heteroatoms. The summed E-state index contributed by atoms with van der Waals surface area (Å²) in [7, 11) is 0. The van der Waals surface area contributed by atoms with Crippen LogP contribution in [0.4, 0.5) is 4.39 Å². The summed E-state index contributed by atoms with van der Waals surface area (Å²) in [5.41, 5.74) is 0.530. The summed E-state index contributed by atoms with van der Waals surface area (Å²) in [5, 5.41) is 9.75. The van der Waals surface area contributed by atoms with E-state index in [1.807, 2.05) is 0 Å². The fourth-order valence-electron chi connectivity index (χ4n) is 2.10. The van der Waals surface area contributed by atoms with Crippen LogP contribution in [0.5, 0.6) is 0 Å². The van der Waals surface area contributed by atoms with Crippen molar-refractivity contribution < 1.29 is 13.7 Å². The Bertz CT molecular complexity index is 672. The lowest BCUT2D eigenvalue weighted by Gasteiger charge is -2.13. The maximum absolute atomic E-state index is 13.2. The molecule has 1 saturated heterocycles. The van der Waals surface area contributed by atoms with Crippen molar-refractivity contribution in [2.45, 2.75) is 19.0 Å². The van der Waals surface area contributed by atoms with Crippen molar-refractivity contribution in [2.75, 3.05) is 11.6 Å². The highest BCUT2D eigenvalue weighted by atomic mass is 32.2. The molecule has 0 radical (unpaired) electrons. The molecule has 1 aromatic heterocycles. The van der Waals surface area contributed by atoms with Gasteiger partial charge in [-0.2, -0.15) is 4.98 Å². The van der Waals surface area contributed by atoms with Crippen LogP contribution < -0.4 is 10.6 Å². The second kappa shape index (κ2) is 6.45. The Morgan fingerprint density at radius 1 is 1.59 bits per heavy atom. The van der Waals surface area contributed by atoms with Crippen LogP contribution in [0.25, 0.3) is 11.4 Å². The first-order valence-electron chi connectivity index (χ1n) is 6.84. The average Bonchev–Trinajstić information content (AvgIpc) is 3.19. The van der Waals surface area contributed by atoms with Crippen molar-refractivity contribution in [1.29, 1.82) is 0 Å². The van der Waals surface area contributed by atoms with Gasteiger partial charge in [-0.3, -0.25) is 10.1 Å². The predicted molar refractivity (Wildman–Crippen MR) is 80.5 cm³/mol. The van der Waals surface area contributed by atoms with Gasteiger partial charge in [0.15, 0.2) is 0 Å². The van der Waals surface area contributed by atoms with Gasteiger partial charge in [-0.1, -0.05) is 17.3 Å². The molecule has 2 N–H and O–H groups in total. The summed E-state index contributed by atoms with van der Waals surface area (Å²) in [6, 6.07) is 5.35. The van der Waals surface area contributed by atoms with Gasteiger partial charge >= 0.3 is 0 Å². The number of carbonyl (C=O) groups is 1. The summed E-state index contributed by atoms with van der Waals surface area (Å²) in [5.74, 6) is 1.65. The average molecular weight is 322 g/mol. The van der Waals surface area contributed by atoms with E-state index in [2.05, 4.69) is 20.8 Å². The fourth-order valence-corrected chi connectivity index (χ4v) is 3.04. The van der Waals surface area contributed by atoms with Gasteiger partial charge in [0.05, 0.1) is 6.04 Å². The monoisotopic (exact) mass is 322 g/mol. The molecule has 1 aliphatic heterocycles. The molecule has 2 heterocycles. The molecular formula is C14H15FN4O2S. The Labute approximate surface area is 130 Å². The van der Waals surface area contributed by atoms with Crippen LogP contribution in [0.2, 0.25) is 0 Å². The van der Waals surface area contributed by atoms with Crippen molar-refractivity contribution >= 4 is 17.7 Å². The molecule has 116 valence electrons.